The van der Waals surface area contributed by atoms with E-state index in [1.807, 2.05) is 24.3 Å². The Labute approximate surface area is 178 Å². The van der Waals surface area contributed by atoms with Crippen molar-refractivity contribution in [3.63, 3.8) is 0 Å². The summed E-state index contributed by atoms with van der Waals surface area (Å²) in [6.07, 6.45) is 0.942. The van der Waals surface area contributed by atoms with Crippen LogP contribution in [-0.2, 0) is 26.1 Å². The molecule has 0 fully saturated rings. The number of hydrogen-bond donors (Lipinski definition) is 0. The molecule has 0 aromatic heterocycles. The van der Waals surface area contributed by atoms with Crippen molar-refractivity contribution in [1.82, 2.24) is 0 Å². The van der Waals surface area contributed by atoms with Crippen molar-refractivity contribution in [2.24, 2.45) is 0 Å². The number of alkyl halides is 1. The summed E-state index contributed by atoms with van der Waals surface area (Å²) in [4.78, 5) is 0. The molecule has 1 atom stereocenters. The first-order valence-corrected chi connectivity index (χ1v) is 11.4. The lowest BCUT2D eigenvalue weighted by molar-refractivity contribution is 0.123. The predicted octanol–water partition coefficient (Wildman–Crippen LogP) is 5.72. The van der Waals surface area contributed by atoms with Gasteiger partial charge in [-0.3, -0.25) is 0 Å². The maximum atomic E-state index is 13.9. The highest BCUT2D eigenvalue weighted by Gasteiger charge is 2.37. The van der Waals surface area contributed by atoms with Crippen LogP contribution < -0.4 is 0 Å². The molecule has 0 aliphatic heterocycles. The topological polar surface area (TPSA) is 27.7 Å². The zero-order valence-electron chi connectivity index (χ0n) is 16.7. The van der Waals surface area contributed by atoms with E-state index < -0.39 is 48.8 Å². The summed E-state index contributed by atoms with van der Waals surface area (Å²) >= 11 is 5.97. The normalized spacial score (nSPS) is 13.0. The quantitative estimate of drug-likeness (QED) is 0.147. The van der Waals surface area contributed by atoms with Crippen LogP contribution in [0.15, 0.2) is 24.3 Å². The molecule has 2 rings (SSSR count). The Hall–Kier alpha value is -1.52. The smallest absolute Gasteiger partial charge is 0.377 e. The first-order valence-electron chi connectivity index (χ1n) is 9.08. The Balaban J connectivity index is 2.02. The lowest BCUT2D eigenvalue weighted by Crippen LogP contribution is -2.43. The molecule has 2 aromatic rings. The fourth-order valence-electron chi connectivity index (χ4n) is 3.06. The summed E-state index contributed by atoms with van der Waals surface area (Å²) in [7, 11) is 1.93. The van der Waals surface area contributed by atoms with Crippen molar-refractivity contribution < 1.29 is 35.2 Å². The molecule has 0 aliphatic rings. The van der Waals surface area contributed by atoms with Crippen LogP contribution in [0.3, 0.4) is 0 Å². The minimum Gasteiger partial charge on any atom is -0.377 e. The van der Waals surface area contributed by atoms with Gasteiger partial charge >= 0.3 is 8.80 Å². The van der Waals surface area contributed by atoms with Gasteiger partial charge in [0.05, 0.1) is 5.38 Å². The van der Waals surface area contributed by atoms with Crippen LogP contribution in [-0.4, -0.2) is 30.1 Å². The minimum atomic E-state index is -2.68. The molecule has 0 spiro atoms. The second-order valence-corrected chi connectivity index (χ2v) is 10.2. The average molecular weight is 469 g/mol. The number of halogens is 6. The van der Waals surface area contributed by atoms with E-state index in [1.165, 1.54) is 21.3 Å². The second-order valence-electron chi connectivity index (χ2n) is 6.60. The van der Waals surface area contributed by atoms with Gasteiger partial charge in [-0.1, -0.05) is 24.3 Å². The summed E-state index contributed by atoms with van der Waals surface area (Å²) in [6, 6.07) is 7.95. The Morgan fingerprint density at radius 1 is 0.733 bits per heavy atom. The van der Waals surface area contributed by atoms with Gasteiger partial charge in [-0.05, 0) is 30.4 Å². The van der Waals surface area contributed by atoms with Gasteiger partial charge in [0.1, 0.15) is 0 Å². The second kappa shape index (κ2) is 10.7. The number of hydrogen-bond acceptors (Lipinski definition) is 3. The summed E-state index contributed by atoms with van der Waals surface area (Å²) in [6.45, 7) is 0. The third kappa shape index (κ3) is 5.39. The lowest BCUT2D eigenvalue weighted by Gasteiger charge is -2.24. The third-order valence-corrected chi connectivity index (χ3v) is 8.08. The van der Waals surface area contributed by atoms with Crippen molar-refractivity contribution in [1.29, 1.82) is 0 Å². The number of aryl methyl sites for hydroxylation is 2. The highest BCUT2D eigenvalue weighted by atomic mass is 35.5. The fourth-order valence-corrected chi connectivity index (χ4v) is 5.07. The van der Waals surface area contributed by atoms with Crippen LogP contribution in [0.5, 0.6) is 0 Å². The van der Waals surface area contributed by atoms with Crippen molar-refractivity contribution in [3.8, 4) is 0 Å². The van der Waals surface area contributed by atoms with Crippen LogP contribution in [0.4, 0.5) is 22.0 Å². The Morgan fingerprint density at radius 2 is 1.13 bits per heavy atom. The molecule has 2 aromatic carbocycles. The van der Waals surface area contributed by atoms with Gasteiger partial charge < -0.3 is 13.3 Å². The van der Waals surface area contributed by atoms with Gasteiger partial charge in [-0.15, -0.1) is 11.6 Å². The largest absolute Gasteiger partial charge is 0.500 e. The van der Waals surface area contributed by atoms with Crippen molar-refractivity contribution in [2.75, 3.05) is 21.3 Å². The highest BCUT2D eigenvalue weighted by Crippen LogP contribution is 2.34. The summed E-state index contributed by atoms with van der Waals surface area (Å²) < 4.78 is 83.7. The molecule has 0 radical (unpaired) electrons. The molecule has 0 bridgehead atoms. The monoisotopic (exact) mass is 468 g/mol. The van der Waals surface area contributed by atoms with Gasteiger partial charge in [-0.2, -0.15) is 0 Å². The average Bonchev–Trinajstić information content (AvgIpc) is 2.77. The van der Waals surface area contributed by atoms with Crippen LogP contribution in [0.2, 0.25) is 6.04 Å². The third-order valence-electron chi connectivity index (χ3n) is 4.92. The van der Waals surface area contributed by atoms with Crippen LogP contribution in [0.1, 0.15) is 28.5 Å². The molecule has 1 unspecified atom stereocenters. The predicted molar refractivity (Wildman–Crippen MR) is 105 cm³/mol. The molecule has 10 heteroatoms. The van der Waals surface area contributed by atoms with Crippen molar-refractivity contribution in [3.05, 3.63) is 70.0 Å². The van der Waals surface area contributed by atoms with Crippen LogP contribution >= 0.6 is 11.6 Å². The van der Waals surface area contributed by atoms with Crippen molar-refractivity contribution >= 4 is 20.4 Å². The van der Waals surface area contributed by atoms with Gasteiger partial charge in [0.25, 0.3) is 0 Å². The first-order chi connectivity index (χ1) is 14.2. The van der Waals surface area contributed by atoms with E-state index in [1.54, 1.807) is 0 Å². The van der Waals surface area contributed by atoms with Crippen molar-refractivity contribution in [2.45, 2.75) is 30.7 Å². The zero-order valence-corrected chi connectivity index (χ0v) is 18.5. The summed E-state index contributed by atoms with van der Waals surface area (Å²) in [5.74, 6) is -9.99. The minimum absolute atomic E-state index is 0.00764. The zero-order chi connectivity index (χ0) is 22.5. The van der Waals surface area contributed by atoms with Gasteiger partial charge in [0, 0.05) is 32.9 Å². The van der Waals surface area contributed by atoms with Gasteiger partial charge in [0.2, 0.25) is 5.82 Å². The molecule has 0 heterocycles. The Bertz CT molecular complexity index is 825. The van der Waals surface area contributed by atoms with E-state index in [0.29, 0.717) is 18.9 Å². The highest BCUT2D eigenvalue weighted by molar-refractivity contribution is 6.60. The number of benzene rings is 2. The van der Waals surface area contributed by atoms with E-state index in [4.69, 9.17) is 24.9 Å². The van der Waals surface area contributed by atoms with Gasteiger partial charge in [0.15, 0.2) is 23.3 Å². The maximum Gasteiger partial charge on any atom is 0.500 e. The van der Waals surface area contributed by atoms with Crippen LogP contribution in [0, 0.1) is 29.1 Å². The fraction of sp³-hybridized carbons (Fsp3) is 0.400. The first kappa shape index (κ1) is 24.7. The summed E-state index contributed by atoms with van der Waals surface area (Å²) in [5.41, 5.74) is 0.802. The molecule has 166 valence electrons. The molecular weight excluding hydrogens is 447 g/mol. The van der Waals surface area contributed by atoms with Gasteiger partial charge in [-0.25, -0.2) is 22.0 Å². The molecule has 0 saturated carbocycles. The summed E-state index contributed by atoms with van der Waals surface area (Å²) in [5, 5.41) is -1.37. The Kier molecular flexibility index (Phi) is 8.81. The SMILES string of the molecule is CO[Si](CCc1ccc(CCC(Cl)c2c(F)c(F)c(F)c(F)c2F)cc1)(OC)OC. The molecule has 0 saturated heterocycles. The standard InChI is InChI=1S/C20H22ClF5O3Si/c1-27-30(28-2,29-3)11-10-13-6-4-12(5-7-13)8-9-14(21)15-16(22)18(24)20(26)19(25)17(15)23/h4-7,14H,8-11H2,1-3H3. The lowest BCUT2D eigenvalue weighted by atomic mass is 10.0. The Morgan fingerprint density at radius 3 is 1.57 bits per heavy atom. The van der Waals surface area contributed by atoms with E-state index in [2.05, 4.69) is 0 Å². The number of rotatable bonds is 10. The molecule has 30 heavy (non-hydrogen) atoms. The molecule has 3 nitrogen and oxygen atoms in total. The van der Waals surface area contributed by atoms with E-state index in [0.717, 1.165) is 11.1 Å². The van der Waals surface area contributed by atoms with E-state index in [-0.39, 0.29) is 6.42 Å². The molecular formula is C20H22ClF5O3Si. The molecule has 0 aliphatic carbocycles. The van der Waals surface area contributed by atoms with E-state index in [9.17, 15) is 22.0 Å². The maximum absolute atomic E-state index is 13.9. The molecule has 0 N–H and O–H groups in total. The molecule has 0 amide bonds. The van der Waals surface area contributed by atoms with E-state index >= 15 is 0 Å². The van der Waals surface area contributed by atoms with Crippen LogP contribution in [0.25, 0.3) is 0 Å².